The van der Waals surface area contributed by atoms with Crippen LogP contribution in [0.4, 0.5) is 11.6 Å². The molecule has 2 heterocycles. The Kier molecular flexibility index (Phi) is 5.16. The van der Waals surface area contributed by atoms with Gasteiger partial charge in [-0.3, -0.25) is 9.59 Å². The molecular weight excluding hydrogens is 330 g/mol. The minimum Gasteiger partial charge on any atom is -0.350 e. The second kappa shape index (κ2) is 7.51. The summed E-state index contributed by atoms with van der Waals surface area (Å²) >= 11 is 0. The van der Waals surface area contributed by atoms with Gasteiger partial charge < -0.3 is 15.1 Å². The molecule has 1 atom stereocenters. The van der Waals surface area contributed by atoms with Crippen LogP contribution in [-0.4, -0.2) is 42.4 Å². The van der Waals surface area contributed by atoms with Gasteiger partial charge in [-0.1, -0.05) is 17.7 Å². The molecule has 1 aromatic carbocycles. The van der Waals surface area contributed by atoms with E-state index in [-0.39, 0.29) is 24.2 Å². The van der Waals surface area contributed by atoms with E-state index >= 15 is 0 Å². The number of amides is 2. The minimum atomic E-state index is -0.348. The summed E-state index contributed by atoms with van der Waals surface area (Å²) in [6, 6.07) is 9.53. The van der Waals surface area contributed by atoms with E-state index in [1.165, 1.54) is 0 Å². The number of anilines is 2. The predicted octanol–water partition coefficient (Wildman–Crippen LogP) is 1.52. The van der Waals surface area contributed by atoms with Crippen molar-refractivity contribution in [3.05, 3.63) is 47.8 Å². The number of carbonyl (C=O) groups excluding carboxylic acids is 2. The molecule has 1 fully saturated rings. The van der Waals surface area contributed by atoms with E-state index in [0.29, 0.717) is 19.0 Å². The Morgan fingerprint density at radius 2 is 2.00 bits per heavy atom. The molecule has 2 amide bonds. The second-order valence-electron chi connectivity index (χ2n) is 6.70. The van der Waals surface area contributed by atoms with Gasteiger partial charge in [-0.05, 0) is 25.1 Å². The molecule has 136 valence electrons. The molecule has 26 heavy (non-hydrogen) atoms. The maximum absolute atomic E-state index is 12.5. The summed E-state index contributed by atoms with van der Waals surface area (Å²) < 4.78 is 0. The maximum atomic E-state index is 12.5. The minimum absolute atomic E-state index is 0.0223. The van der Waals surface area contributed by atoms with Crippen molar-refractivity contribution in [2.45, 2.75) is 19.9 Å². The fraction of sp³-hybridized carbons (Fsp3) is 0.368. The van der Waals surface area contributed by atoms with Gasteiger partial charge in [0.05, 0.1) is 18.2 Å². The van der Waals surface area contributed by atoms with Crippen LogP contribution in [0.1, 0.15) is 17.7 Å². The third kappa shape index (κ3) is 3.99. The zero-order valence-corrected chi connectivity index (χ0v) is 15.3. The smallest absolute Gasteiger partial charge is 0.227 e. The third-order valence-corrected chi connectivity index (χ3v) is 4.39. The fourth-order valence-corrected chi connectivity index (χ4v) is 2.88. The third-order valence-electron chi connectivity index (χ3n) is 4.39. The van der Waals surface area contributed by atoms with Gasteiger partial charge in [0.15, 0.2) is 0 Å². The Balaban J connectivity index is 1.60. The van der Waals surface area contributed by atoms with Crippen molar-refractivity contribution >= 4 is 23.5 Å². The normalized spacial score (nSPS) is 16.7. The van der Waals surface area contributed by atoms with Crippen LogP contribution in [-0.2, 0) is 16.1 Å². The molecular formula is C19H23N5O2. The van der Waals surface area contributed by atoms with Crippen LogP contribution >= 0.6 is 0 Å². The highest BCUT2D eigenvalue weighted by Gasteiger charge is 2.34. The quantitative estimate of drug-likeness (QED) is 0.882. The van der Waals surface area contributed by atoms with Crippen molar-refractivity contribution in [3.63, 3.8) is 0 Å². The molecule has 1 aromatic heterocycles. The average molecular weight is 353 g/mol. The molecule has 0 radical (unpaired) electrons. The number of hydrogen-bond acceptors (Lipinski definition) is 5. The Bertz CT molecular complexity index is 804. The molecule has 3 rings (SSSR count). The molecule has 7 heteroatoms. The summed E-state index contributed by atoms with van der Waals surface area (Å²) in [6.45, 7) is 2.72. The number of aromatic nitrogens is 2. The zero-order chi connectivity index (χ0) is 18.7. The highest BCUT2D eigenvalue weighted by Crippen LogP contribution is 2.25. The van der Waals surface area contributed by atoms with Crippen LogP contribution in [0.3, 0.4) is 0 Å². The number of benzene rings is 1. The largest absolute Gasteiger partial charge is 0.350 e. The zero-order valence-electron chi connectivity index (χ0n) is 15.3. The van der Waals surface area contributed by atoms with E-state index < -0.39 is 0 Å². The van der Waals surface area contributed by atoms with Crippen molar-refractivity contribution in [2.24, 2.45) is 5.92 Å². The molecule has 2 aromatic rings. The van der Waals surface area contributed by atoms with Crippen molar-refractivity contribution < 1.29 is 9.59 Å². The van der Waals surface area contributed by atoms with Crippen LogP contribution in [0.25, 0.3) is 0 Å². The molecule has 0 aliphatic carbocycles. The Labute approximate surface area is 153 Å². The van der Waals surface area contributed by atoms with Gasteiger partial charge in [0.1, 0.15) is 0 Å². The van der Waals surface area contributed by atoms with Crippen LogP contribution in [0.2, 0.25) is 0 Å². The lowest BCUT2D eigenvalue weighted by Gasteiger charge is -2.17. The van der Waals surface area contributed by atoms with Crippen LogP contribution in [0.5, 0.6) is 0 Å². The van der Waals surface area contributed by atoms with Crippen LogP contribution < -0.4 is 15.1 Å². The lowest BCUT2D eigenvalue weighted by molar-refractivity contribution is -0.126. The number of rotatable bonds is 5. The first-order valence-corrected chi connectivity index (χ1v) is 8.58. The van der Waals surface area contributed by atoms with Gasteiger partial charge in [0.2, 0.25) is 17.8 Å². The summed E-state index contributed by atoms with van der Waals surface area (Å²) in [5, 5.41) is 2.88. The van der Waals surface area contributed by atoms with Gasteiger partial charge in [-0.25, -0.2) is 9.97 Å². The molecule has 1 aliphatic rings. The van der Waals surface area contributed by atoms with E-state index in [4.69, 9.17) is 0 Å². The summed E-state index contributed by atoms with van der Waals surface area (Å²) in [7, 11) is 3.73. The van der Waals surface area contributed by atoms with Crippen LogP contribution in [0.15, 0.2) is 36.5 Å². The Hall–Kier alpha value is -2.96. The van der Waals surface area contributed by atoms with Crippen molar-refractivity contribution in [1.29, 1.82) is 0 Å². The van der Waals surface area contributed by atoms with Gasteiger partial charge in [0, 0.05) is 38.9 Å². The molecule has 1 saturated heterocycles. The fourth-order valence-electron chi connectivity index (χ4n) is 2.88. The molecule has 1 N–H and O–H groups in total. The van der Waals surface area contributed by atoms with E-state index in [9.17, 15) is 9.59 Å². The lowest BCUT2D eigenvalue weighted by Crippen LogP contribution is -2.33. The van der Waals surface area contributed by atoms with Crippen molar-refractivity contribution in [3.8, 4) is 0 Å². The SMILES string of the molecule is Cc1ccc(N2CC(C(=O)NCc3ccnc(N(C)C)n3)CC2=O)cc1. The predicted molar refractivity (Wildman–Crippen MR) is 99.8 cm³/mol. The summed E-state index contributed by atoms with van der Waals surface area (Å²) in [4.78, 5) is 36.8. The van der Waals surface area contributed by atoms with E-state index in [2.05, 4.69) is 15.3 Å². The molecule has 1 aliphatic heterocycles. The van der Waals surface area contributed by atoms with Gasteiger partial charge in [0.25, 0.3) is 0 Å². The highest BCUT2D eigenvalue weighted by atomic mass is 16.2. The molecule has 1 unspecified atom stereocenters. The van der Waals surface area contributed by atoms with Crippen molar-refractivity contribution in [1.82, 2.24) is 15.3 Å². The van der Waals surface area contributed by atoms with Crippen molar-refractivity contribution in [2.75, 3.05) is 30.4 Å². The maximum Gasteiger partial charge on any atom is 0.227 e. The Morgan fingerprint density at radius 1 is 1.27 bits per heavy atom. The molecule has 7 nitrogen and oxygen atoms in total. The van der Waals surface area contributed by atoms with Gasteiger partial charge in [-0.15, -0.1) is 0 Å². The second-order valence-corrected chi connectivity index (χ2v) is 6.70. The van der Waals surface area contributed by atoms with Crippen LogP contribution in [0, 0.1) is 12.8 Å². The highest BCUT2D eigenvalue weighted by molar-refractivity contribution is 6.00. The number of carbonyl (C=O) groups is 2. The van der Waals surface area contributed by atoms with E-state index in [1.54, 1.807) is 22.1 Å². The van der Waals surface area contributed by atoms with Gasteiger partial charge >= 0.3 is 0 Å². The number of nitrogens with one attached hydrogen (secondary N) is 1. The standard InChI is InChI=1S/C19H23N5O2/c1-13-4-6-16(7-5-13)24-12-14(10-17(24)25)18(26)21-11-15-8-9-20-19(22-15)23(2)3/h4-9,14H,10-12H2,1-3H3,(H,21,26). The average Bonchev–Trinajstić information content (AvgIpc) is 3.02. The Morgan fingerprint density at radius 3 is 2.69 bits per heavy atom. The number of nitrogens with zero attached hydrogens (tertiary/aromatic N) is 4. The monoisotopic (exact) mass is 353 g/mol. The number of hydrogen-bond donors (Lipinski definition) is 1. The molecule has 0 spiro atoms. The van der Waals surface area contributed by atoms with E-state index in [0.717, 1.165) is 16.9 Å². The first-order valence-electron chi connectivity index (χ1n) is 8.58. The van der Waals surface area contributed by atoms with E-state index in [1.807, 2.05) is 45.3 Å². The molecule has 0 saturated carbocycles. The lowest BCUT2D eigenvalue weighted by atomic mass is 10.1. The first kappa shape index (κ1) is 17.8. The summed E-state index contributed by atoms with van der Waals surface area (Å²) in [6.07, 6.45) is 1.90. The number of aryl methyl sites for hydroxylation is 1. The summed E-state index contributed by atoms with van der Waals surface area (Å²) in [5.41, 5.74) is 2.70. The topological polar surface area (TPSA) is 78.4 Å². The first-order chi connectivity index (χ1) is 12.4. The van der Waals surface area contributed by atoms with Gasteiger partial charge in [-0.2, -0.15) is 0 Å². The molecule has 0 bridgehead atoms. The summed E-state index contributed by atoms with van der Waals surface area (Å²) in [5.74, 6) is 0.0983.